The van der Waals surface area contributed by atoms with Gasteiger partial charge in [0.1, 0.15) is 0 Å². The van der Waals surface area contributed by atoms with Crippen LogP contribution in [0.15, 0.2) is 66.7 Å². The zero-order valence-corrected chi connectivity index (χ0v) is 17.8. The Hall–Kier alpha value is -1.91. The van der Waals surface area contributed by atoms with Crippen LogP contribution in [0.1, 0.15) is 36.1 Å². The number of rotatable bonds is 5. The summed E-state index contributed by atoms with van der Waals surface area (Å²) in [5.74, 6) is 0. The number of aryl methyl sites for hydroxylation is 4. The third kappa shape index (κ3) is 3.36. The molecule has 0 fully saturated rings. The summed E-state index contributed by atoms with van der Waals surface area (Å²) in [5, 5.41) is 4.57. The summed E-state index contributed by atoms with van der Waals surface area (Å²) in [6.45, 7) is 11.2. The van der Waals surface area contributed by atoms with E-state index in [1.165, 1.54) is 44.3 Å². The van der Waals surface area contributed by atoms with E-state index in [0.29, 0.717) is 0 Å². The van der Waals surface area contributed by atoms with Crippen LogP contribution in [0.5, 0.6) is 0 Å². The molecule has 0 radical (unpaired) electrons. The summed E-state index contributed by atoms with van der Waals surface area (Å²) in [6.07, 6.45) is 2.26. The molecule has 3 rings (SSSR count). The fourth-order valence-electron chi connectivity index (χ4n) is 4.11. The van der Waals surface area contributed by atoms with Crippen LogP contribution >= 0.6 is 7.26 Å². The van der Waals surface area contributed by atoms with Gasteiger partial charge in [-0.3, -0.25) is 0 Å². The molecule has 0 bridgehead atoms. The quantitative estimate of drug-likeness (QED) is 0.546. The molecule has 0 heterocycles. The van der Waals surface area contributed by atoms with Gasteiger partial charge < -0.3 is 0 Å². The zero-order chi connectivity index (χ0) is 18.7. The van der Waals surface area contributed by atoms with Gasteiger partial charge in [-0.25, -0.2) is 0 Å². The zero-order valence-electron chi connectivity index (χ0n) is 16.8. The van der Waals surface area contributed by atoms with Crippen LogP contribution in [0.2, 0.25) is 0 Å². The minimum atomic E-state index is -2.01. The normalized spacial score (nSPS) is 12.2. The van der Waals surface area contributed by atoms with Gasteiger partial charge in [0, 0.05) is 0 Å². The van der Waals surface area contributed by atoms with Crippen molar-refractivity contribution in [1.82, 2.24) is 0 Å². The molecular formula is C25H31P. The number of hydrogen-bond acceptors (Lipinski definition) is 0. The van der Waals surface area contributed by atoms with Gasteiger partial charge in [-0.1, -0.05) is 0 Å². The molecular weight excluding hydrogens is 331 g/mol. The van der Waals surface area contributed by atoms with E-state index >= 15 is 0 Å². The maximum atomic E-state index is 2.49. The van der Waals surface area contributed by atoms with Crippen LogP contribution in [0, 0.1) is 20.8 Å². The summed E-state index contributed by atoms with van der Waals surface area (Å²) in [4.78, 5) is 0. The molecule has 0 saturated heterocycles. The molecule has 0 nitrogen and oxygen atoms in total. The molecule has 0 spiro atoms. The van der Waals surface area contributed by atoms with Crippen molar-refractivity contribution in [3.05, 3.63) is 89.0 Å². The average molecular weight is 362 g/mol. The third-order valence-electron chi connectivity index (χ3n) is 5.84. The molecule has 0 aliphatic heterocycles. The van der Waals surface area contributed by atoms with Crippen LogP contribution in [0.25, 0.3) is 0 Å². The Kier molecular flexibility index (Phi) is 5.64. The Balaban J connectivity index is 2.30. The average Bonchev–Trinajstić information content (AvgIpc) is 2.66. The minimum absolute atomic E-state index is 1.09. The first kappa shape index (κ1) is 18.9. The number of hydrogen-bond donors (Lipinski definition) is 0. The molecule has 0 aliphatic carbocycles. The second-order valence-corrected chi connectivity index (χ2v) is 11.7. The van der Waals surface area contributed by atoms with E-state index in [1.807, 2.05) is 0 Å². The fourth-order valence-corrected chi connectivity index (χ4v) is 8.59. The van der Waals surface area contributed by atoms with Gasteiger partial charge >= 0.3 is 159 Å². The Morgan fingerprint density at radius 1 is 0.615 bits per heavy atom. The van der Waals surface area contributed by atoms with Gasteiger partial charge in [-0.05, 0) is 0 Å². The van der Waals surface area contributed by atoms with Gasteiger partial charge in [0.2, 0.25) is 0 Å². The first-order valence-corrected chi connectivity index (χ1v) is 12.0. The molecule has 0 unspecified atom stereocenters. The molecule has 26 heavy (non-hydrogen) atoms. The Labute approximate surface area is 159 Å². The molecule has 0 aromatic heterocycles. The van der Waals surface area contributed by atoms with E-state index in [9.17, 15) is 0 Å². The van der Waals surface area contributed by atoms with E-state index in [1.54, 1.807) is 0 Å². The van der Waals surface area contributed by atoms with Crippen molar-refractivity contribution in [2.45, 2.75) is 41.0 Å². The molecule has 0 amide bonds. The second kappa shape index (κ2) is 7.77. The van der Waals surface area contributed by atoms with Crippen molar-refractivity contribution < 1.29 is 0 Å². The van der Waals surface area contributed by atoms with Crippen molar-refractivity contribution in [3.8, 4) is 0 Å². The van der Waals surface area contributed by atoms with Gasteiger partial charge in [-0.2, -0.15) is 0 Å². The van der Waals surface area contributed by atoms with Crippen molar-refractivity contribution in [2.24, 2.45) is 0 Å². The van der Waals surface area contributed by atoms with Crippen LogP contribution in [-0.2, 0) is 6.42 Å². The van der Waals surface area contributed by atoms with E-state index in [0.717, 1.165) is 6.42 Å². The van der Waals surface area contributed by atoms with Gasteiger partial charge in [0.05, 0.1) is 0 Å². The molecule has 0 aliphatic rings. The summed E-state index contributed by atoms with van der Waals surface area (Å²) in [5.41, 5.74) is 5.54. The topological polar surface area (TPSA) is 0 Å². The van der Waals surface area contributed by atoms with Gasteiger partial charge in [-0.15, -0.1) is 0 Å². The standard InChI is InChI=1S/C25H31P/c1-6-22-18-25(17-12-21(22)5)26(7-2,23-13-8-19(3)9-14-23)24-15-10-20(4)11-16-24/h8-18,26H,6-7H2,1-5H3. The predicted molar refractivity (Wildman–Crippen MR) is 121 cm³/mol. The Morgan fingerprint density at radius 3 is 1.50 bits per heavy atom. The molecule has 1 heteroatoms. The van der Waals surface area contributed by atoms with Crippen LogP contribution in [0.4, 0.5) is 0 Å². The van der Waals surface area contributed by atoms with Crippen molar-refractivity contribution in [2.75, 3.05) is 6.16 Å². The molecule has 3 aromatic carbocycles. The summed E-state index contributed by atoms with van der Waals surface area (Å²) in [6, 6.07) is 25.8. The fraction of sp³-hybridized carbons (Fsp3) is 0.280. The van der Waals surface area contributed by atoms with E-state index in [4.69, 9.17) is 0 Å². The maximum absolute atomic E-state index is 2.49. The summed E-state index contributed by atoms with van der Waals surface area (Å²) < 4.78 is 0. The van der Waals surface area contributed by atoms with E-state index < -0.39 is 7.26 Å². The molecule has 136 valence electrons. The Bertz CT molecular complexity index is 828. The molecule has 0 saturated carbocycles. The van der Waals surface area contributed by atoms with E-state index in [2.05, 4.69) is 101 Å². The van der Waals surface area contributed by atoms with Crippen LogP contribution < -0.4 is 15.9 Å². The van der Waals surface area contributed by atoms with Crippen molar-refractivity contribution in [3.63, 3.8) is 0 Å². The van der Waals surface area contributed by atoms with Gasteiger partial charge in [0.15, 0.2) is 0 Å². The van der Waals surface area contributed by atoms with Crippen LogP contribution in [-0.4, -0.2) is 6.16 Å². The number of benzene rings is 3. The molecule has 0 N–H and O–H groups in total. The predicted octanol–water partition coefficient (Wildman–Crippen LogP) is 5.22. The van der Waals surface area contributed by atoms with Crippen molar-refractivity contribution in [1.29, 1.82) is 0 Å². The Morgan fingerprint density at radius 2 is 1.08 bits per heavy atom. The first-order chi connectivity index (χ1) is 12.5. The molecule has 0 atom stereocenters. The first-order valence-electron chi connectivity index (χ1n) is 9.75. The molecule has 3 aromatic rings. The van der Waals surface area contributed by atoms with Crippen LogP contribution in [0.3, 0.4) is 0 Å². The monoisotopic (exact) mass is 362 g/mol. The van der Waals surface area contributed by atoms with E-state index in [-0.39, 0.29) is 0 Å². The second-order valence-electron chi connectivity index (χ2n) is 7.49. The van der Waals surface area contributed by atoms with Gasteiger partial charge in [0.25, 0.3) is 0 Å². The summed E-state index contributed by atoms with van der Waals surface area (Å²) in [7, 11) is -2.01. The summed E-state index contributed by atoms with van der Waals surface area (Å²) >= 11 is 0. The SMILES string of the molecule is CCc1cc([PH](CC)(c2ccc(C)cc2)c2ccc(C)cc2)ccc1C. The third-order valence-corrected chi connectivity index (χ3v) is 10.8. The van der Waals surface area contributed by atoms with Crippen molar-refractivity contribution >= 4 is 23.2 Å².